The molecule has 0 aliphatic heterocycles. The lowest BCUT2D eigenvalue weighted by molar-refractivity contribution is 0.314. The number of benzene rings is 2. The highest BCUT2D eigenvalue weighted by atomic mass is 16.6. The predicted molar refractivity (Wildman–Crippen MR) is 106 cm³/mol. The van der Waals surface area contributed by atoms with Gasteiger partial charge in [0.25, 0.3) is 0 Å². The Labute approximate surface area is 156 Å². The van der Waals surface area contributed by atoms with Gasteiger partial charge >= 0.3 is 0 Å². The van der Waals surface area contributed by atoms with Crippen LogP contribution in [0.2, 0.25) is 0 Å². The van der Waals surface area contributed by atoms with Crippen molar-refractivity contribution in [1.29, 1.82) is 0 Å². The minimum Gasteiger partial charge on any atom is -0.337 e. The van der Waals surface area contributed by atoms with Crippen LogP contribution in [0.3, 0.4) is 0 Å². The zero-order valence-electron chi connectivity index (χ0n) is 15.7. The van der Waals surface area contributed by atoms with Gasteiger partial charge in [0.1, 0.15) is 0 Å². The maximum Gasteiger partial charge on any atom is 0.245 e. The Morgan fingerprint density at radius 2 is 1.41 bits per heavy atom. The van der Waals surface area contributed by atoms with E-state index in [1.165, 1.54) is 11.1 Å². The van der Waals surface area contributed by atoms with Gasteiger partial charge in [-0.05, 0) is 66.8 Å². The number of aryl methyl sites for hydroxylation is 3. The first-order valence-electron chi connectivity index (χ1n) is 8.69. The van der Waals surface area contributed by atoms with E-state index >= 15 is 0 Å². The summed E-state index contributed by atoms with van der Waals surface area (Å²) in [7, 11) is 0. The van der Waals surface area contributed by atoms with E-state index in [1.807, 2.05) is 18.2 Å². The van der Waals surface area contributed by atoms with E-state index in [-0.39, 0.29) is 0 Å². The highest BCUT2D eigenvalue weighted by Crippen LogP contribution is 2.30. The summed E-state index contributed by atoms with van der Waals surface area (Å²) >= 11 is 0. The summed E-state index contributed by atoms with van der Waals surface area (Å²) < 4.78 is 4.78. The number of nitrogens with zero attached hydrogens (tertiary/aromatic N) is 4. The first-order valence-corrected chi connectivity index (χ1v) is 8.69. The normalized spacial score (nSPS) is 11.0. The van der Waals surface area contributed by atoms with Crippen molar-refractivity contribution in [2.24, 2.45) is 0 Å². The molecule has 2 aromatic heterocycles. The summed E-state index contributed by atoms with van der Waals surface area (Å²) in [6.45, 7) is 8.26. The van der Waals surface area contributed by atoms with Crippen LogP contribution in [0.15, 0.2) is 41.0 Å². The van der Waals surface area contributed by atoms with Gasteiger partial charge in [0.05, 0.1) is 0 Å². The third kappa shape index (κ3) is 3.31. The van der Waals surface area contributed by atoms with E-state index in [4.69, 9.17) is 4.63 Å². The lowest BCUT2D eigenvalue weighted by atomic mass is 10.1. The van der Waals surface area contributed by atoms with Gasteiger partial charge < -0.3 is 10.6 Å². The summed E-state index contributed by atoms with van der Waals surface area (Å²) in [5.74, 6) is 1.12. The molecule has 7 heteroatoms. The Kier molecular flexibility index (Phi) is 4.19. The van der Waals surface area contributed by atoms with E-state index < -0.39 is 0 Å². The minimum atomic E-state index is 0.355. The molecule has 4 aromatic rings. The van der Waals surface area contributed by atoms with Crippen molar-refractivity contribution < 1.29 is 4.63 Å². The molecule has 0 saturated carbocycles. The largest absolute Gasteiger partial charge is 0.337 e. The summed E-state index contributed by atoms with van der Waals surface area (Å²) in [5.41, 5.74) is 7.29. The minimum absolute atomic E-state index is 0.355. The zero-order chi connectivity index (χ0) is 19.0. The Hall–Kier alpha value is -3.48. The number of nitrogens with one attached hydrogen (secondary N) is 2. The van der Waals surface area contributed by atoms with Gasteiger partial charge in [-0.25, -0.2) is 14.6 Å². The molecule has 2 heterocycles. The molecule has 0 fully saturated rings. The maximum atomic E-state index is 4.78. The van der Waals surface area contributed by atoms with Crippen molar-refractivity contribution in [3.8, 4) is 0 Å². The van der Waals surface area contributed by atoms with Crippen LogP contribution in [-0.4, -0.2) is 20.3 Å². The van der Waals surface area contributed by atoms with Crippen LogP contribution in [0.25, 0.3) is 11.3 Å². The van der Waals surface area contributed by atoms with Gasteiger partial charge in [-0.1, -0.05) is 29.8 Å². The average molecular weight is 360 g/mol. The fourth-order valence-corrected chi connectivity index (χ4v) is 2.91. The standard InChI is InChI=1S/C20H20N6O/c1-11-8-9-15(13(3)10-11)21-17-18(24-20-19(23-17)25-27-26-20)22-16-7-5-6-12(2)14(16)4/h5-10H,1-4H3,(H,21,23,25)(H,22,24,26). The molecule has 4 rings (SSSR count). The molecule has 2 N–H and O–H groups in total. The Bertz CT molecular complexity index is 1130. The lowest BCUT2D eigenvalue weighted by Crippen LogP contribution is -2.05. The maximum absolute atomic E-state index is 4.78. The molecule has 0 bridgehead atoms. The van der Waals surface area contributed by atoms with E-state index in [1.54, 1.807) is 0 Å². The summed E-state index contributed by atoms with van der Waals surface area (Å²) in [4.78, 5) is 9.08. The summed E-state index contributed by atoms with van der Waals surface area (Å²) in [6, 6.07) is 12.3. The van der Waals surface area contributed by atoms with E-state index in [2.05, 4.69) is 76.8 Å². The average Bonchev–Trinajstić information content (AvgIpc) is 3.08. The first-order chi connectivity index (χ1) is 13.0. The van der Waals surface area contributed by atoms with Crippen LogP contribution in [0.1, 0.15) is 22.3 Å². The van der Waals surface area contributed by atoms with Gasteiger partial charge in [0.15, 0.2) is 11.6 Å². The van der Waals surface area contributed by atoms with Crippen LogP contribution in [-0.2, 0) is 0 Å². The van der Waals surface area contributed by atoms with E-state index in [9.17, 15) is 0 Å². The molecule has 0 aliphatic rings. The fraction of sp³-hybridized carbons (Fsp3) is 0.200. The molecule has 0 unspecified atom stereocenters. The van der Waals surface area contributed by atoms with Crippen molar-refractivity contribution in [2.75, 3.05) is 10.6 Å². The third-order valence-corrected chi connectivity index (χ3v) is 4.61. The fourth-order valence-electron chi connectivity index (χ4n) is 2.91. The quantitative estimate of drug-likeness (QED) is 0.543. The molecule has 0 radical (unpaired) electrons. The topological polar surface area (TPSA) is 88.8 Å². The Morgan fingerprint density at radius 1 is 0.741 bits per heavy atom. The summed E-state index contributed by atoms with van der Waals surface area (Å²) in [6.07, 6.45) is 0. The second-order valence-electron chi connectivity index (χ2n) is 6.65. The van der Waals surface area contributed by atoms with Gasteiger partial charge in [-0.2, -0.15) is 0 Å². The highest BCUT2D eigenvalue weighted by molar-refractivity contribution is 5.80. The first kappa shape index (κ1) is 17.0. The zero-order valence-corrected chi connectivity index (χ0v) is 15.7. The molecule has 0 aliphatic carbocycles. The summed E-state index contributed by atoms with van der Waals surface area (Å²) in [5, 5.41) is 14.3. The molecule has 0 spiro atoms. The smallest absolute Gasteiger partial charge is 0.245 e. The number of hydrogen-bond acceptors (Lipinski definition) is 7. The molecule has 136 valence electrons. The molecular formula is C20H20N6O. The molecule has 0 amide bonds. The number of fused-ring (bicyclic) bond motifs is 1. The van der Waals surface area contributed by atoms with E-state index in [0.717, 1.165) is 22.5 Å². The van der Waals surface area contributed by atoms with Gasteiger partial charge in [0, 0.05) is 11.4 Å². The number of hydrogen-bond donors (Lipinski definition) is 2. The van der Waals surface area contributed by atoms with Crippen LogP contribution >= 0.6 is 0 Å². The second-order valence-corrected chi connectivity index (χ2v) is 6.65. The van der Waals surface area contributed by atoms with Crippen LogP contribution < -0.4 is 10.6 Å². The monoisotopic (exact) mass is 360 g/mol. The SMILES string of the molecule is Cc1ccc(Nc2nc3nonc3nc2Nc2cccc(C)c2C)c(C)c1. The highest BCUT2D eigenvalue weighted by Gasteiger charge is 2.15. The van der Waals surface area contributed by atoms with Crippen molar-refractivity contribution >= 4 is 34.3 Å². The molecule has 27 heavy (non-hydrogen) atoms. The van der Waals surface area contributed by atoms with Crippen LogP contribution in [0.5, 0.6) is 0 Å². The Morgan fingerprint density at radius 3 is 2.07 bits per heavy atom. The van der Waals surface area contributed by atoms with Crippen molar-refractivity contribution in [3.63, 3.8) is 0 Å². The van der Waals surface area contributed by atoms with Crippen LogP contribution in [0.4, 0.5) is 23.0 Å². The number of anilines is 4. The van der Waals surface area contributed by atoms with Gasteiger partial charge in [0.2, 0.25) is 11.3 Å². The second kappa shape index (κ2) is 6.68. The number of aromatic nitrogens is 4. The lowest BCUT2D eigenvalue weighted by Gasteiger charge is -2.15. The van der Waals surface area contributed by atoms with Gasteiger partial charge in [-0.15, -0.1) is 0 Å². The Balaban J connectivity index is 1.78. The van der Waals surface area contributed by atoms with Gasteiger partial charge in [-0.3, -0.25) is 0 Å². The number of rotatable bonds is 4. The van der Waals surface area contributed by atoms with E-state index in [0.29, 0.717) is 22.9 Å². The molecule has 0 saturated heterocycles. The molecule has 0 atom stereocenters. The third-order valence-electron chi connectivity index (χ3n) is 4.61. The van der Waals surface area contributed by atoms with Crippen molar-refractivity contribution in [2.45, 2.75) is 27.7 Å². The van der Waals surface area contributed by atoms with Crippen molar-refractivity contribution in [3.05, 3.63) is 58.7 Å². The van der Waals surface area contributed by atoms with Crippen molar-refractivity contribution in [1.82, 2.24) is 20.3 Å². The molecule has 2 aromatic carbocycles. The predicted octanol–water partition coefficient (Wildman–Crippen LogP) is 4.73. The molecular weight excluding hydrogens is 340 g/mol. The van der Waals surface area contributed by atoms with Crippen LogP contribution in [0, 0.1) is 27.7 Å². The molecule has 7 nitrogen and oxygen atoms in total.